The molecule has 3 aromatic rings. The molecular formula is C28H28N4O3. The molecule has 0 atom stereocenters. The molecule has 0 spiro atoms. The number of hydrogen-bond donors (Lipinski definition) is 1. The van der Waals surface area contributed by atoms with Crippen molar-refractivity contribution >= 4 is 11.8 Å². The number of amides is 2. The van der Waals surface area contributed by atoms with E-state index < -0.39 is 5.91 Å². The molecule has 35 heavy (non-hydrogen) atoms. The fraction of sp³-hybridized carbons (Fsp3) is 0.250. The molecule has 1 saturated heterocycles. The Kier molecular flexibility index (Phi) is 7.76. The number of benzene rings is 3. The van der Waals surface area contributed by atoms with E-state index in [1.807, 2.05) is 53.4 Å². The van der Waals surface area contributed by atoms with E-state index >= 15 is 0 Å². The summed E-state index contributed by atoms with van der Waals surface area (Å²) in [6.45, 7) is 4.09. The lowest BCUT2D eigenvalue weighted by Crippen LogP contribution is -2.35. The second-order valence-electron chi connectivity index (χ2n) is 8.58. The maximum Gasteiger partial charge on any atom is 0.253 e. The highest BCUT2D eigenvalue weighted by Crippen LogP contribution is 2.20. The molecular weight excluding hydrogens is 440 g/mol. The summed E-state index contributed by atoms with van der Waals surface area (Å²) in [5.41, 5.74) is 9.03. The summed E-state index contributed by atoms with van der Waals surface area (Å²) >= 11 is 0. The van der Waals surface area contributed by atoms with Crippen molar-refractivity contribution in [3.05, 3.63) is 101 Å². The maximum atomic E-state index is 13.2. The van der Waals surface area contributed by atoms with Gasteiger partial charge in [-0.2, -0.15) is 5.26 Å². The van der Waals surface area contributed by atoms with Crippen LogP contribution in [0.1, 0.15) is 43.8 Å². The summed E-state index contributed by atoms with van der Waals surface area (Å²) in [5.74, 6) is -0.116. The SMILES string of the molecule is N#Cc1ccc(CN2CCCN(C(=O)c3cccc(COc4ccccc4C(N)=O)c3)CC2)cc1. The molecule has 178 valence electrons. The van der Waals surface area contributed by atoms with Gasteiger partial charge in [-0.25, -0.2) is 0 Å². The van der Waals surface area contributed by atoms with Crippen molar-refractivity contribution in [2.75, 3.05) is 26.2 Å². The topological polar surface area (TPSA) is 99.7 Å². The number of para-hydroxylation sites is 1. The van der Waals surface area contributed by atoms with Gasteiger partial charge in [-0.1, -0.05) is 36.4 Å². The van der Waals surface area contributed by atoms with Crippen molar-refractivity contribution in [3.63, 3.8) is 0 Å². The van der Waals surface area contributed by atoms with E-state index in [4.69, 9.17) is 15.7 Å². The van der Waals surface area contributed by atoms with Gasteiger partial charge in [0.1, 0.15) is 12.4 Å². The summed E-state index contributed by atoms with van der Waals surface area (Å²) in [6.07, 6.45) is 0.898. The smallest absolute Gasteiger partial charge is 0.253 e. The molecule has 0 aromatic heterocycles. The third kappa shape index (κ3) is 6.25. The number of hydrogen-bond acceptors (Lipinski definition) is 5. The van der Waals surface area contributed by atoms with Crippen LogP contribution in [0.2, 0.25) is 0 Å². The van der Waals surface area contributed by atoms with Crippen molar-refractivity contribution in [2.24, 2.45) is 5.73 Å². The molecule has 1 fully saturated rings. The van der Waals surface area contributed by atoms with E-state index in [1.165, 1.54) is 0 Å². The highest BCUT2D eigenvalue weighted by molar-refractivity contribution is 5.95. The van der Waals surface area contributed by atoms with E-state index in [0.29, 0.717) is 35.5 Å². The fourth-order valence-corrected chi connectivity index (χ4v) is 4.21. The Bertz CT molecular complexity index is 1230. The second kappa shape index (κ2) is 11.3. The lowest BCUT2D eigenvalue weighted by molar-refractivity contribution is 0.0760. The molecule has 4 rings (SSSR count). The standard InChI is InChI=1S/C28H28N4O3/c29-18-21-9-11-22(12-10-21)19-31-13-4-14-32(16-15-31)28(34)24-6-3-5-23(17-24)20-35-26-8-2-1-7-25(26)27(30)33/h1-3,5-12,17H,4,13-16,19-20H2,(H2,30,33). The second-order valence-corrected chi connectivity index (χ2v) is 8.58. The highest BCUT2D eigenvalue weighted by atomic mass is 16.5. The molecule has 0 unspecified atom stereocenters. The van der Waals surface area contributed by atoms with Gasteiger partial charge in [-0.05, 0) is 53.9 Å². The monoisotopic (exact) mass is 468 g/mol. The van der Waals surface area contributed by atoms with Crippen LogP contribution in [-0.2, 0) is 13.2 Å². The number of nitriles is 1. The Morgan fingerprint density at radius 1 is 0.914 bits per heavy atom. The lowest BCUT2D eigenvalue weighted by atomic mass is 10.1. The van der Waals surface area contributed by atoms with Crippen molar-refractivity contribution in [3.8, 4) is 11.8 Å². The van der Waals surface area contributed by atoms with Gasteiger partial charge in [-0.3, -0.25) is 14.5 Å². The number of nitrogens with zero attached hydrogens (tertiary/aromatic N) is 3. The van der Waals surface area contributed by atoms with Gasteiger partial charge < -0.3 is 15.4 Å². The molecule has 0 bridgehead atoms. The Morgan fingerprint density at radius 2 is 1.71 bits per heavy atom. The van der Waals surface area contributed by atoms with E-state index in [0.717, 1.165) is 37.2 Å². The first-order valence-corrected chi connectivity index (χ1v) is 11.6. The number of primary amides is 1. The molecule has 1 heterocycles. The first kappa shape index (κ1) is 24.0. The van der Waals surface area contributed by atoms with Crippen LogP contribution in [0.4, 0.5) is 0 Å². The van der Waals surface area contributed by atoms with E-state index in [-0.39, 0.29) is 12.5 Å². The fourth-order valence-electron chi connectivity index (χ4n) is 4.21. The van der Waals surface area contributed by atoms with Gasteiger partial charge in [0, 0.05) is 38.3 Å². The van der Waals surface area contributed by atoms with Gasteiger partial charge >= 0.3 is 0 Å². The van der Waals surface area contributed by atoms with E-state index in [1.54, 1.807) is 24.3 Å². The summed E-state index contributed by atoms with van der Waals surface area (Å²) in [5, 5.41) is 8.97. The zero-order chi connectivity index (χ0) is 24.6. The van der Waals surface area contributed by atoms with Crippen LogP contribution in [0.15, 0.2) is 72.8 Å². The number of ether oxygens (including phenoxy) is 1. The minimum Gasteiger partial charge on any atom is -0.488 e. The third-order valence-corrected chi connectivity index (χ3v) is 6.09. The van der Waals surface area contributed by atoms with Crippen molar-refractivity contribution in [1.29, 1.82) is 5.26 Å². The van der Waals surface area contributed by atoms with Crippen LogP contribution < -0.4 is 10.5 Å². The first-order chi connectivity index (χ1) is 17.0. The number of rotatable bonds is 7. The minimum atomic E-state index is -0.543. The quantitative estimate of drug-likeness (QED) is 0.571. The summed E-state index contributed by atoms with van der Waals surface area (Å²) in [6, 6.07) is 24.1. The maximum absolute atomic E-state index is 13.2. The van der Waals surface area contributed by atoms with Crippen molar-refractivity contribution < 1.29 is 14.3 Å². The lowest BCUT2D eigenvalue weighted by Gasteiger charge is -2.22. The molecule has 0 aliphatic carbocycles. The van der Waals surface area contributed by atoms with Crippen LogP contribution in [0.5, 0.6) is 5.75 Å². The molecule has 1 aliphatic rings. The molecule has 7 heteroatoms. The van der Waals surface area contributed by atoms with Crippen LogP contribution in [0.25, 0.3) is 0 Å². The van der Waals surface area contributed by atoms with Gasteiger partial charge in [0.25, 0.3) is 11.8 Å². The molecule has 2 amide bonds. The van der Waals surface area contributed by atoms with Gasteiger partial charge in [0.15, 0.2) is 0 Å². The molecule has 2 N–H and O–H groups in total. The van der Waals surface area contributed by atoms with Gasteiger partial charge in [0.2, 0.25) is 0 Å². The predicted octanol–water partition coefficient (Wildman–Crippen LogP) is 3.58. The largest absolute Gasteiger partial charge is 0.488 e. The zero-order valence-corrected chi connectivity index (χ0v) is 19.5. The van der Waals surface area contributed by atoms with E-state index in [9.17, 15) is 9.59 Å². The van der Waals surface area contributed by atoms with Crippen molar-refractivity contribution in [2.45, 2.75) is 19.6 Å². The highest BCUT2D eigenvalue weighted by Gasteiger charge is 2.21. The number of carbonyl (C=O) groups excluding carboxylic acids is 2. The number of nitrogens with two attached hydrogens (primary N) is 1. The normalized spacial score (nSPS) is 14.1. The molecule has 0 saturated carbocycles. The molecule has 0 radical (unpaired) electrons. The third-order valence-electron chi connectivity index (χ3n) is 6.09. The predicted molar refractivity (Wildman–Crippen MR) is 133 cm³/mol. The zero-order valence-electron chi connectivity index (χ0n) is 19.5. The first-order valence-electron chi connectivity index (χ1n) is 11.6. The van der Waals surface area contributed by atoms with Gasteiger partial charge in [0.05, 0.1) is 17.2 Å². The van der Waals surface area contributed by atoms with E-state index in [2.05, 4.69) is 11.0 Å². The Labute approximate surface area is 205 Å². The van der Waals surface area contributed by atoms with Crippen LogP contribution in [-0.4, -0.2) is 47.8 Å². The van der Waals surface area contributed by atoms with Crippen molar-refractivity contribution in [1.82, 2.24) is 9.80 Å². The average molecular weight is 469 g/mol. The summed E-state index contributed by atoms with van der Waals surface area (Å²) in [4.78, 5) is 29.1. The minimum absolute atomic E-state index is 0.00427. The molecule has 7 nitrogen and oxygen atoms in total. The molecule has 3 aromatic carbocycles. The Hall–Kier alpha value is -4.15. The van der Waals surface area contributed by atoms with Crippen LogP contribution in [0.3, 0.4) is 0 Å². The average Bonchev–Trinajstić information content (AvgIpc) is 3.13. The number of carbonyl (C=O) groups is 2. The summed E-state index contributed by atoms with van der Waals surface area (Å²) in [7, 11) is 0. The Morgan fingerprint density at radius 3 is 2.49 bits per heavy atom. The van der Waals surface area contributed by atoms with Gasteiger partial charge in [-0.15, -0.1) is 0 Å². The Balaban J connectivity index is 1.36. The van der Waals surface area contributed by atoms with Crippen LogP contribution in [0, 0.1) is 11.3 Å². The molecule has 1 aliphatic heterocycles. The van der Waals surface area contributed by atoms with Crippen LogP contribution >= 0.6 is 0 Å². The summed E-state index contributed by atoms with van der Waals surface area (Å²) < 4.78 is 5.82.